The van der Waals surface area contributed by atoms with Crippen LogP contribution in [0.15, 0.2) is 39.9 Å². The van der Waals surface area contributed by atoms with Crippen LogP contribution >= 0.6 is 0 Å². The summed E-state index contributed by atoms with van der Waals surface area (Å²) in [6.45, 7) is 4.68. The molecule has 0 aliphatic rings. The van der Waals surface area contributed by atoms with Crippen LogP contribution in [0.5, 0.6) is 11.5 Å². The summed E-state index contributed by atoms with van der Waals surface area (Å²) in [5.74, 6) is -1.82. The molecule has 33 heavy (non-hydrogen) atoms. The fourth-order valence-corrected chi connectivity index (χ4v) is 3.22. The fraction of sp³-hybridized carbons (Fsp3) is 0.182. The molecule has 0 aliphatic carbocycles. The Balaban J connectivity index is 2.24. The quantitative estimate of drug-likeness (QED) is 0.464. The molecule has 0 radical (unpaired) electrons. The smallest absolute Gasteiger partial charge is 0.431 e. The molecule has 1 aromatic heterocycles. The highest BCUT2D eigenvalue weighted by Gasteiger charge is 2.33. The fourth-order valence-electron chi connectivity index (χ4n) is 3.22. The van der Waals surface area contributed by atoms with Gasteiger partial charge in [0.25, 0.3) is 5.56 Å². The first-order valence-corrected chi connectivity index (χ1v) is 9.31. The highest BCUT2D eigenvalue weighted by atomic mass is 19.4. The molecule has 11 heteroatoms. The SMILES string of the molecule is CC(=O)c1cc(C)cc(C)c1Oc1cc(-n2c(=O)cc(C(F)(F)F)[nH]c2=O)c(F)cc1C#N. The molecule has 0 aliphatic heterocycles. The summed E-state index contributed by atoms with van der Waals surface area (Å²) >= 11 is 0. The maximum Gasteiger partial charge on any atom is 0.431 e. The summed E-state index contributed by atoms with van der Waals surface area (Å²) in [6, 6.07) is 6.56. The summed E-state index contributed by atoms with van der Waals surface area (Å²) in [6.07, 6.45) is -5.00. The molecule has 0 amide bonds. The first-order valence-electron chi connectivity index (χ1n) is 9.31. The van der Waals surface area contributed by atoms with E-state index in [-0.39, 0.29) is 39.0 Å². The Morgan fingerprint density at radius 3 is 2.33 bits per heavy atom. The molecular formula is C22H15F4N3O4. The second kappa shape index (κ2) is 8.38. The predicted octanol–water partition coefficient (Wildman–Crippen LogP) is 4.17. The number of aromatic nitrogens is 2. The van der Waals surface area contributed by atoms with Gasteiger partial charge < -0.3 is 9.72 Å². The average molecular weight is 461 g/mol. The number of aromatic amines is 1. The van der Waals surface area contributed by atoms with Crippen molar-refractivity contribution < 1.29 is 27.1 Å². The van der Waals surface area contributed by atoms with Crippen LogP contribution in [-0.4, -0.2) is 15.3 Å². The summed E-state index contributed by atoms with van der Waals surface area (Å²) in [5.41, 5.74) is -4.21. The van der Waals surface area contributed by atoms with E-state index in [4.69, 9.17) is 4.74 Å². The van der Waals surface area contributed by atoms with Gasteiger partial charge in [0.05, 0.1) is 16.8 Å². The standard InChI is InChI=1S/C22H15F4N3O4/c1-10-4-11(2)20(14(5-10)12(3)30)33-17-7-16(15(23)6-13(17)9-27)29-19(31)8-18(22(24,25)26)28-21(29)32/h4-8H,1-3H3,(H,28,32). The number of halogens is 4. The van der Waals surface area contributed by atoms with E-state index in [9.17, 15) is 37.2 Å². The number of carbonyl (C=O) groups excluding carboxylic acids is 1. The lowest BCUT2D eigenvalue weighted by Crippen LogP contribution is -2.36. The Morgan fingerprint density at radius 2 is 1.79 bits per heavy atom. The molecule has 3 rings (SSSR count). The van der Waals surface area contributed by atoms with Gasteiger partial charge in [0.15, 0.2) is 5.78 Å². The van der Waals surface area contributed by atoms with Gasteiger partial charge in [-0.15, -0.1) is 0 Å². The van der Waals surface area contributed by atoms with Gasteiger partial charge in [-0.1, -0.05) is 6.07 Å². The zero-order valence-corrected chi connectivity index (χ0v) is 17.4. The maximum absolute atomic E-state index is 14.7. The number of aryl methyl sites for hydroxylation is 2. The third kappa shape index (κ3) is 4.55. The summed E-state index contributed by atoms with van der Waals surface area (Å²) in [5, 5.41) is 9.38. The number of ketones is 1. The molecule has 0 unspecified atom stereocenters. The molecule has 0 spiro atoms. The summed E-state index contributed by atoms with van der Waals surface area (Å²) in [4.78, 5) is 38.0. The van der Waals surface area contributed by atoms with Gasteiger partial charge in [-0.2, -0.15) is 18.4 Å². The van der Waals surface area contributed by atoms with Gasteiger partial charge in [0.2, 0.25) is 0 Å². The number of Topliss-reactive ketones (excluding diaryl/α,β-unsaturated/α-hetero) is 1. The second-order valence-corrected chi connectivity index (χ2v) is 7.19. The minimum absolute atomic E-state index is 0.0656. The monoisotopic (exact) mass is 461 g/mol. The third-order valence-corrected chi connectivity index (χ3v) is 4.66. The van der Waals surface area contributed by atoms with Crippen LogP contribution in [0.1, 0.15) is 39.7 Å². The molecule has 7 nitrogen and oxygen atoms in total. The topological polar surface area (TPSA) is 105 Å². The minimum atomic E-state index is -5.00. The summed E-state index contributed by atoms with van der Waals surface area (Å²) < 4.78 is 59.1. The van der Waals surface area contributed by atoms with Crippen LogP contribution in [0.25, 0.3) is 5.69 Å². The molecule has 0 atom stereocenters. The zero-order chi connectivity index (χ0) is 24.7. The number of nitriles is 1. The van der Waals surface area contributed by atoms with Crippen molar-refractivity contribution in [1.82, 2.24) is 9.55 Å². The molecule has 1 N–H and O–H groups in total. The molecular weight excluding hydrogens is 446 g/mol. The molecule has 0 saturated heterocycles. The number of H-pyrrole nitrogens is 1. The Labute approximate surface area is 183 Å². The van der Waals surface area contributed by atoms with E-state index < -0.39 is 34.6 Å². The van der Waals surface area contributed by atoms with Crippen molar-refractivity contribution in [1.29, 1.82) is 5.26 Å². The Morgan fingerprint density at radius 1 is 1.12 bits per heavy atom. The van der Waals surface area contributed by atoms with Gasteiger partial charge in [-0.05, 0) is 44.0 Å². The third-order valence-electron chi connectivity index (χ3n) is 4.66. The highest BCUT2D eigenvalue weighted by Crippen LogP contribution is 2.34. The van der Waals surface area contributed by atoms with E-state index in [1.54, 1.807) is 32.0 Å². The van der Waals surface area contributed by atoms with E-state index in [1.165, 1.54) is 11.9 Å². The number of benzene rings is 2. The average Bonchev–Trinajstić information content (AvgIpc) is 2.70. The van der Waals surface area contributed by atoms with Gasteiger partial charge in [-0.25, -0.2) is 13.8 Å². The van der Waals surface area contributed by atoms with Crippen LogP contribution < -0.4 is 16.0 Å². The van der Waals surface area contributed by atoms with Gasteiger partial charge in [0.1, 0.15) is 29.1 Å². The zero-order valence-electron chi connectivity index (χ0n) is 17.4. The number of hydrogen-bond acceptors (Lipinski definition) is 5. The van der Waals surface area contributed by atoms with Gasteiger partial charge >= 0.3 is 11.9 Å². The van der Waals surface area contributed by atoms with Crippen LogP contribution in [-0.2, 0) is 6.18 Å². The molecule has 0 saturated carbocycles. The van der Waals surface area contributed by atoms with Gasteiger partial charge in [-0.3, -0.25) is 9.59 Å². The molecule has 1 heterocycles. The predicted molar refractivity (Wildman–Crippen MR) is 108 cm³/mol. The van der Waals surface area contributed by atoms with E-state index in [2.05, 4.69) is 0 Å². The van der Waals surface area contributed by atoms with Crippen molar-refractivity contribution in [2.45, 2.75) is 26.9 Å². The first-order chi connectivity index (χ1) is 15.3. The molecule has 3 aromatic rings. The lowest BCUT2D eigenvalue weighted by molar-refractivity contribution is -0.141. The Bertz CT molecular complexity index is 1410. The normalized spacial score (nSPS) is 11.2. The van der Waals surface area contributed by atoms with Crippen molar-refractivity contribution in [3.63, 3.8) is 0 Å². The van der Waals surface area contributed by atoms with Gasteiger partial charge in [0, 0.05) is 12.1 Å². The van der Waals surface area contributed by atoms with Crippen LogP contribution in [0.4, 0.5) is 17.6 Å². The first kappa shape index (κ1) is 23.5. The van der Waals surface area contributed by atoms with Crippen LogP contribution in [0.3, 0.4) is 0 Å². The molecule has 0 fully saturated rings. The van der Waals surface area contributed by atoms with E-state index in [0.717, 1.165) is 11.6 Å². The number of nitrogens with one attached hydrogen (secondary N) is 1. The van der Waals surface area contributed by atoms with Crippen molar-refractivity contribution in [3.05, 3.63) is 84.9 Å². The Kier molecular flexibility index (Phi) is 5.96. The summed E-state index contributed by atoms with van der Waals surface area (Å²) in [7, 11) is 0. The maximum atomic E-state index is 14.7. The Hall–Kier alpha value is -4.20. The lowest BCUT2D eigenvalue weighted by atomic mass is 10.0. The van der Waals surface area contributed by atoms with E-state index >= 15 is 0 Å². The number of hydrogen-bond donors (Lipinski definition) is 1. The second-order valence-electron chi connectivity index (χ2n) is 7.19. The number of carbonyl (C=O) groups is 1. The van der Waals surface area contributed by atoms with Crippen molar-refractivity contribution in [2.24, 2.45) is 0 Å². The number of alkyl halides is 3. The highest BCUT2D eigenvalue weighted by molar-refractivity contribution is 5.97. The van der Waals surface area contributed by atoms with Crippen molar-refractivity contribution in [2.75, 3.05) is 0 Å². The number of ether oxygens (including phenoxy) is 1. The number of rotatable bonds is 4. The lowest BCUT2D eigenvalue weighted by Gasteiger charge is -2.16. The molecule has 0 bridgehead atoms. The van der Waals surface area contributed by atoms with E-state index in [1.807, 2.05) is 0 Å². The molecule has 2 aromatic carbocycles. The minimum Gasteiger partial charge on any atom is -0.455 e. The van der Waals surface area contributed by atoms with Crippen molar-refractivity contribution in [3.8, 4) is 23.3 Å². The molecule has 170 valence electrons. The number of nitrogens with zero attached hydrogens (tertiary/aromatic N) is 2. The van der Waals surface area contributed by atoms with Crippen LogP contribution in [0.2, 0.25) is 0 Å². The van der Waals surface area contributed by atoms with Crippen molar-refractivity contribution >= 4 is 5.78 Å². The van der Waals surface area contributed by atoms with E-state index in [0.29, 0.717) is 11.6 Å². The van der Waals surface area contributed by atoms with Crippen LogP contribution in [0, 0.1) is 31.0 Å². The largest absolute Gasteiger partial charge is 0.455 e.